The van der Waals surface area contributed by atoms with Gasteiger partial charge in [0.1, 0.15) is 6.54 Å². The van der Waals surface area contributed by atoms with Crippen molar-refractivity contribution in [3.8, 4) is 0 Å². The van der Waals surface area contributed by atoms with E-state index in [2.05, 4.69) is 5.32 Å². The zero-order valence-corrected chi connectivity index (χ0v) is 12.4. The number of hydrogen-bond acceptors (Lipinski definition) is 4. The average Bonchev–Trinajstić information content (AvgIpc) is 2.38. The quantitative estimate of drug-likeness (QED) is 0.725. The molecule has 5 nitrogen and oxygen atoms in total. The lowest BCUT2D eigenvalue weighted by Crippen LogP contribution is -2.40. The highest BCUT2D eigenvalue weighted by atomic mass is 35.5. The number of rotatable bonds is 6. The lowest BCUT2D eigenvalue weighted by Gasteiger charge is -2.35. The van der Waals surface area contributed by atoms with Crippen molar-refractivity contribution in [2.24, 2.45) is 11.1 Å². The molecule has 0 unspecified atom stereocenters. The van der Waals surface area contributed by atoms with E-state index in [0.717, 1.165) is 25.7 Å². The van der Waals surface area contributed by atoms with E-state index < -0.39 is 5.97 Å². The van der Waals surface area contributed by atoms with Crippen LogP contribution in [0.1, 0.15) is 45.4 Å². The molecule has 1 amide bonds. The highest BCUT2D eigenvalue weighted by molar-refractivity contribution is 5.85. The van der Waals surface area contributed by atoms with E-state index in [9.17, 15) is 9.59 Å². The van der Waals surface area contributed by atoms with Crippen molar-refractivity contribution in [2.75, 3.05) is 19.7 Å². The molecule has 112 valence electrons. The Labute approximate surface area is 121 Å². The standard InChI is InChI=1S/C13H24N2O3.ClH/c1-2-18-12(17)9-15-11(16)8-13(10-14)6-4-3-5-7-13;/h2-10,14H2,1H3,(H,15,16);1H. The number of esters is 1. The van der Waals surface area contributed by atoms with Crippen LogP contribution in [0.15, 0.2) is 0 Å². The zero-order chi connectivity index (χ0) is 13.4. The van der Waals surface area contributed by atoms with Crippen molar-refractivity contribution in [3.63, 3.8) is 0 Å². The van der Waals surface area contributed by atoms with Gasteiger partial charge >= 0.3 is 5.97 Å². The molecule has 0 aliphatic heterocycles. The summed E-state index contributed by atoms with van der Waals surface area (Å²) in [5.74, 6) is -0.494. The molecule has 0 radical (unpaired) electrons. The topological polar surface area (TPSA) is 81.4 Å². The van der Waals surface area contributed by atoms with Crippen LogP contribution in [0.5, 0.6) is 0 Å². The number of amides is 1. The smallest absolute Gasteiger partial charge is 0.325 e. The molecule has 0 aromatic heterocycles. The SMILES string of the molecule is CCOC(=O)CNC(=O)CC1(CN)CCCCC1.Cl. The van der Waals surface area contributed by atoms with Crippen LogP contribution in [0.3, 0.4) is 0 Å². The fourth-order valence-corrected chi connectivity index (χ4v) is 2.54. The number of ether oxygens (including phenoxy) is 1. The van der Waals surface area contributed by atoms with Crippen molar-refractivity contribution in [3.05, 3.63) is 0 Å². The third-order valence-corrected chi connectivity index (χ3v) is 3.62. The Morgan fingerprint density at radius 1 is 1.26 bits per heavy atom. The summed E-state index contributed by atoms with van der Waals surface area (Å²) < 4.78 is 4.76. The van der Waals surface area contributed by atoms with Crippen molar-refractivity contribution < 1.29 is 14.3 Å². The molecule has 0 aromatic carbocycles. The van der Waals surface area contributed by atoms with Crippen LogP contribution in [0.25, 0.3) is 0 Å². The van der Waals surface area contributed by atoms with E-state index in [4.69, 9.17) is 10.5 Å². The summed E-state index contributed by atoms with van der Waals surface area (Å²) in [6.45, 7) is 2.57. The molecule has 1 fully saturated rings. The highest BCUT2D eigenvalue weighted by Gasteiger charge is 2.32. The molecule has 1 saturated carbocycles. The fraction of sp³-hybridized carbons (Fsp3) is 0.846. The monoisotopic (exact) mass is 292 g/mol. The molecule has 3 N–H and O–H groups in total. The Hall–Kier alpha value is -0.810. The molecule has 1 rings (SSSR count). The first-order valence-electron chi connectivity index (χ1n) is 6.74. The van der Waals surface area contributed by atoms with Gasteiger partial charge < -0.3 is 15.8 Å². The predicted octanol–water partition coefficient (Wildman–Crippen LogP) is 1.39. The Bertz CT molecular complexity index is 292. The van der Waals surface area contributed by atoms with Gasteiger partial charge in [0, 0.05) is 6.42 Å². The summed E-state index contributed by atoms with van der Waals surface area (Å²) in [5, 5.41) is 2.60. The highest BCUT2D eigenvalue weighted by Crippen LogP contribution is 2.38. The maximum absolute atomic E-state index is 11.8. The molecule has 1 aliphatic carbocycles. The minimum absolute atomic E-state index is 0. The molecule has 19 heavy (non-hydrogen) atoms. The summed E-state index contributed by atoms with van der Waals surface area (Å²) in [5.41, 5.74) is 5.76. The van der Waals surface area contributed by atoms with E-state index in [1.165, 1.54) is 6.42 Å². The zero-order valence-electron chi connectivity index (χ0n) is 11.6. The molecule has 0 bridgehead atoms. The number of carbonyl (C=O) groups excluding carboxylic acids is 2. The lowest BCUT2D eigenvalue weighted by molar-refractivity contribution is -0.143. The first-order chi connectivity index (χ1) is 8.62. The second kappa shape index (κ2) is 9.15. The molecule has 0 aromatic rings. The number of carbonyl (C=O) groups is 2. The number of nitrogens with two attached hydrogens (primary N) is 1. The number of nitrogens with one attached hydrogen (secondary N) is 1. The Balaban J connectivity index is 0.00000324. The van der Waals surface area contributed by atoms with Crippen molar-refractivity contribution >= 4 is 24.3 Å². The maximum atomic E-state index is 11.8. The van der Waals surface area contributed by atoms with Gasteiger partial charge in [-0.2, -0.15) is 0 Å². The van der Waals surface area contributed by atoms with E-state index in [1.54, 1.807) is 6.92 Å². The third kappa shape index (κ3) is 6.25. The van der Waals surface area contributed by atoms with E-state index in [1.807, 2.05) is 0 Å². The van der Waals surface area contributed by atoms with Crippen LogP contribution in [0.4, 0.5) is 0 Å². The average molecular weight is 293 g/mol. The molecule has 0 saturated heterocycles. The second-order valence-electron chi connectivity index (χ2n) is 5.02. The summed E-state index contributed by atoms with van der Waals surface area (Å²) in [7, 11) is 0. The van der Waals surface area contributed by atoms with Crippen molar-refractivity contribution in [1.82, 2.24) is 5.32 Å². The van der Waals surface area contributed by atoms with Gasteiger partial charge in [-0.25, -0.2) is 0 Å². The van der Waals surface area contributed by atoms with Crippen molar-refractivity contribution in [1.29, 1.82) is 0 Å². The first kappa shape index (κ1) is 18.2. The first-order valence-corrected chi connectivity index (χ1v) is 6.74. The molecular weight excluding hydrogens is 268 g/mol. The van der Waals surface area contributed by atoms with Gasteiger partial charge in [0.05, 0.1) is 6.61 Å². The van der Waals surface area contributed by atoms with Crippen LogP contribution >= 0.6 is 12.4 Å². The van der Waals surface area contributed by atoms with E-state index in [0.29, 0.717) is 19.6 Å². The maximum Gasteiger partial charge on any atom is 0.325 e. The van der Waals surface area contributed by atoms with Crippen LogP contribution in [-0.4, -0.2) is 31.6 Å². The normalized spacial score (nSPS) is 17.2. The Kier molecular flexibility index (Phi) is 8.76. The van der Waals surface area contributed by atoms with E-state index in [-0.39, 0.29) is 30.3 Å². The van der Waals surface area contributed by atoms with E-state index >= 15 is 0 Å². The van der Waals surface area contributed by atoms with Gasteiger partial charge in [0.15, 0.2) is 0 Å². The summed E-state index contributed by atoms with van der Waals surface area (Å²) >= 11 is 0. The molecule has 6 heteroatoms. The third-order valence-electron chi connectivity index (χ3n) is 3.62. The van der Waals surface area contributed by atoms with Gasteiger partial charge in [-0.1, -0.05) is 19.3 Å². The molecular formula is C13H25ClN2O3. The Morgan fingerprint density at radius 3 is 2.42 bits per heavy atom. The van der Waals surface area contributed by atoms with Gasteiger partial charge in [-0.3, -0.25) is 9.59 Å². The molecule has 0 spiro atoms. The van der Waals surface area contributed by atoms with Crippen LogP contribution in [0, 0.1) is 5.41 Å². The van der Waals surface area contributed by atoms with Crippen LogP contribution in [0.2, 0.25) is 0 Å². The largest absolute Gasteiger partial charge is 0.465 e. The van der Waals surface area contributed by atoms with Crippen LogP contribution < -0.4 is 11.1 Å². The number of halogens is 1. The van der Waals surface area contributed by atoms with Gasteiger partial charge in [-0.05, 0) is 31.7 Å². The minimum atomic E-state index is -0.392. The summed E-state index contributed by atoms with van der Waals surface area (Å²) in [4.78, 5) is 22.9. The van der Waals surface area contributed by atoms with Crippen molar-refractivity contribution in [2.45, 2.75) is 45.4 Å². The van der Waals surface area contributed by atoms with Gasteiger partial charge in [0.25, 0.3) is 0 Å². The molecule has 1 aliphatic rings. The fourth-order valence-electron chi connectivity index (χ4n) is 2.54. The predicted molar refractivity (Wildman–Crippen MR) is 76.1 cm³/mol. The molecule has 0 atom stereocenters. The molecule has 0 heterocycles. The summed E-state index contributed by atoms with van der Waals surface area (Å²) in [6.07, 6.45) is 5.95. The lowest BCUT2D eigenvalue weighted by atomic mass is 9.71. The van der Waals surface area contributed by atoms with Crippen LogP contribution in [-0.2, 0) is 14.3 Å². The van der Waals surface area contributed by atoms with Gasteiger partial charge in [-0.15, -0.1) is 12.4 Å². The second-order valence-corrected chi connectivity index (χ2v) is 5.02. The minimum Gasteiger partial charge on any atom is -0.465 e. The number of hydrogen-bond donors (Lipinski definition) is 2. The van der Waals surface area contributed by atoms with Gasteiger partial charge in [0.2, 0.25) is 5.91 Å². The Morgan fingerprint density at radius 2 is 1.89 bits per heavy atom. The summed E-state index contributed by atoms with van der Waals surface area (Å²) in [6, 6.07) is 0.